The maximum absolute atomic E-state index is 10.3. The van der Waals surface area contributed by atoms with Crippen molar-refractivity contribution >= 4 is 48.0 Å². The fourth-order valence-corrected chi connectivity index (χ4v) is 0.917. The summed E-state index contributed by atoms with van der Waals surface area (Å²) in [5.41, 5.74) is -0.295. The van der Waals surface area contributed by atoms with E-state index in [4.69, 9.17) is 28.3 Å². The van der Waals surface area contributed by atoms with E-state index >= 15 is 0 Å². The molecule has 0 amide bonds. The Labute approximate surface area is 90.1 Å². The van der Waals surface area contributed by atoms with Gasteiger partial charge in [0.1, 0.15) is 0 Å². The van der Waals surface area contributed by atoms with E-state index in [1.807, 2.05) is 0 Å². The van der Waals surface area contributed by atoms with Gasteiger partial charge in [-0.25, -0.2) is 4.79 Å². The molecule has 0 radical (unpaired) electrons. The Morgan fingerprint density at radius 2 is 2.00 bits per heavy atom. The molecular weight excluding hydrogens is 198 g/mol. The second-order valence-electron chi connectivity index (χ2n) is 1.67. The molecule has 0 aliphatic carbocycles. The second-order valence-corrected chi connectivity index (χ2v) is 2.46. The van der Waals surface area contributed by atoms with E-state index in [9.17, 15) is 4.79 Å². The molecule has 0 atom stereocenters. The fourth-order valence-electron chi connectivity index (χ4n) is 0.492. The van der Waals surface area contributed by atoms with Gasteiger partial charge in [-0.2, -0.15) is 0 Å². The summed E-state index contributed by atoms with van der Waals surface area (Å²) < 4.78 is 0. The van der Waals surface area contributed by atoms with Crippen LogP contribution in [0.5, 0.6) is 0 Å². The molecule has 0 aliphatic rings. The summed E-state index contributed by atoms with van der Waals surface area (Å²) in [6, 6.07) is 1.22. The van der Waals surface area contributed by atoms with Crippen LogP contribution in [-0.4, -0.2) is 40.1 Å². The maximum atomic E-state index is 10.3. The molecule has 0 saturated carbocycles. The Bertz CT molecular complexity index is 307. The number of carboxylic acid groups (broad SMARTS) is 1. The van der Waals surface area contributed by atoms with Gasteiger partial charge in [-0.15, -0.1) is 10.2 Å². The van der Waals surface area contributed by atoms with Crippen molar-refractivity contribution in [2.45, 2.75) is 0 Å². The van der Waals surface area contributed by atoms with Gasteiger partial charge in [0.25, 0.3) is 0 Å². The van der Waals surface area contributed by atoms with Crippen LogP contribution in [0.15, 0.2) is 6.07 Å². The first kappa shape index (κ1) is 11.7. The van der Waals surface area contributed by atoms with E-state index in [0.717, 1.165) is 0 Å². The average molecular weight is 201 g/mol. The number of halogens is 2. The van der Waals surface area contributed by atoms with Gasteiger partial charge in [0, 0.05) is 0 Å². The van der Waals surface area contributed by atoms with E-state index in [0.29, 0.717) is 0 Å². The fraction of sp³-hybridized carbons (Fsp3) is 0. The van der Waals surface area contributed by atoms with Gasteiger partial charge in [-0.05, 0) is 6.07 Å². The van der Waals surface area contributed by atoms with Crippen LogP contribution in [0.2, 0.25) is 10.2 Å². The van der Waals surface area contributed by atoms with E-state index in [-0.39, 0.29) is 34.7 Å². The number of aromatic nitrogens is 2. The van der Waals surface area contributed by atoms with Crippen molar-refractivity contribution < 1.29 is 9.90 Å². The van der Waals surface area contributed by atoms with Crippen molar-refractivity contribution in [2.75, 3.05) is 0 Å². The van der Waals surface area contributed by atoms with Gasteiger partial charge in [0.05, 0.1) is 5.02 Å². The molecule has 0 aromatic carbocycles. The predicted molar refractivity (Wildman–Crippen MR) is 46.2 cm³/mol. The van der Waals surface area contributed by atoms with Gasteiger partial charge in [0.2, 0.25) is 0 Å². The molecule has 4 nitrogen and oxygen atoms in total. The monoisotopic (exact) mass is 200 g/mol. The summed E-state index contributed by atoms with van der Waals surface area (Å²) in [7, 11) is 0. The summed E-state index contributed by atoms with van der Waals surface area (Å²) in [5, 5.41) is 15.1. The minimum absolute atomic E-state index is 0. The Hall–Kier alpha value is -0.273. The van der Waals surface area contributed by atoms with Crippen molar-refractivity contribution in [3.63, 3.8) is 0 Å². The summed E-state index contributed by atoms with van der Waals surface area (Å²) in [6.45, 7) is 0. The Kier molecular flexibility index (Phi) is 4.57. The van der Waals surface area contributed by atoms with Gasteiger partial charge in [-0.1, -0.05) is 23.2 Å². The summed E-state index contributed by atoms with van der Waals surface area (Å²) in [6.07, 6.45) is 0. The molecule has 1 aromatic heterocycles. The topological polar surface area (TPSA) is 63.1 Å². The van der Waals surface area contributed by atoms with E-state index in [1.165, 1.54) is 6.07 Å². The molecule has 12 heavy (non-hydrogen) atoms. The van der Waals surface area contributed by atoms with Crippen molar-refractivity contribution in [3.05, 3.63) is 21.9 Å². The van der Waals surface area contributed by atoms with Crippen LogP contribution in [0.3, 0.4) is 0 Å². The van der Waals surface area contributed by atoms with E-state index in [2.05, 4.69) is 10.2 Å². The zero-order chi connectivity index (χ0) is 8.43. The average Bonchev–Trinajstić information content (AvgIpc) is 1.85. The number of carbonyl (C=O) groups is 1. The normalized spacial score (nSPS) is 8.83. The third-order valence-electron chi connectivity index (χ3n) is 0.920. The molecule has 0 unspecified atom stereocenters. The summed E-state index contributed by atoms with van der Waals surface area (Å²) in [4.78, 5) is 10.3. The second kappa shape index (κ2) is 4.68. The van der Waals surface area contributed by atoms with Crippen LogP contribution in [0.25, 0.3) is 0 Å². The zero-order valence-electron chi connectivity index (χ0n) is 5.08. The van der Waals surface area contributed by atoms with Crippen molar-refractivity contribution in [2.24, 2.45) is 0 Å². The van der Waals surface area contributed by atoms with Crippen molar-refractivity contribution in [3.8, 4) is 0 Å². The summed E-state index contributed by atoms with van der Waals surface area (Å²) in [5.74, 6) is -1.22. The van der Waals surface area contributed by atoms with Crippen LogP contribution < -0.4 is 0 Å². The molecule has 7 heteroatoms. The molecule has 0 saturated heterocycles. The van der Waals surface area contributed by atoms with E-state index in [1.54, 1.807) is 0 Å². The van der Waals surface area contributed by atoms with Gasteiger partial charge < -0.3 is 5.11 Å². The molecule has 0 spiro atoms. The van der Waals surface area contributed by atoms with E-state index < -0.39 is 5.97 Å². The van der Waals surface area contributed by atoms with Crippen LogP contribution in [0, 0.1) is 0 Å². The third kappa shape index (κ3) is 2.65. The van der Waals surface area contributed by atoms with Gasteiger partial charge >= 0.3 is 24.8 Å². The van der Waals surface area contributed by atoms with Crippen LogP contribution in [0.1, 0.15) is 10.5 Å². The van der Waals surface area contributed by atoms with Crippen molar-refractivity contribution in [1.82, 2.24) is 10.2 Å². The SMILES string of the molecule is O=C(O)c1nnc(Cl)cc1Cl.[LiH]. The number of nitrogens with zero attached hydrogens (tertiary/aromatic N) is 2. The molecule has 1 N–H and O–H groups in total. The number of rotatable bonds is 1. The standard InChI is InChI=1S/C5H2Cl2N2O2.Li.H/c6-2-1-3(7)8-9-4(2)5(10)11;;/h1H,(H,10,11);;. The molecular formula is C5H3Cl2LiN2O2. The first-order chi connectivity index (χ1) is 5.11. The molecule has 60 valence electrons. The Morgan fingerprint density at radius 1 is 1.42 bits per heavy atom. The molecule has 0 fully saturated rings. The first-order valence-electron chi connectivity index (χ1n) is 2.53. The third-order valence-corrected chi connectivity index (χ3v) is 1.39. The van der Waals surface area contributed by atoms with Crippen LogP contribution >= 0.6 is 23.2 Å². The van der Waals surface area contributed by atoms with Crippen LogP contribution in [0.4, 0.5) is 0 Å². The molecule has 0 aliphatic heterocycles. The predicted octanol–water partition coefficient (Wildman–Crippen LogP) is 0.833. The van der Waals surface area contributed by atoms with Crippen LogP contribution in [-0.2, 0) is 0 Å². The number of carboxylic acids is 1. The number of hydrogen-bond donors (Lipinski definition) is 1. The first-order valence-corrected chi connectivity index (χ1v) is 3.29. The quantitative estimate of drug-likeness (QED) is 0.683. The minimum atomic E-state index is -1.22. The Balaban J connectivity index is 0.00000121. The van der Waals surface area contributed by atoms with Gasteiger partial charge in [0.15, 0.2) is 10.8 Å². The summed E-state index contributed by atoms with van der Waals surface area (Å²) >= 11 is 10.8. The molecule has 1 rings (SSSR count). The molecule has 0 bridgehead atoms. The van der Waals surface area contributed by atoms with Crippen molar-refractivity contribution in [1.29, 1.82) is 0 Å². The molecule has 1 heterocycles. The number of aromatic carboxylic acids is 1. The Morgan fingerprint density at radius 3 is 2.42 bits per heavy atom. The zero-order valence-corrected chi connectivity index (χ0v) is 6.60. The van der Waals surface area contributed by atoms with Gasteiger partial charge in [-0.3, -0.25) is 0 Å². The number of hydrogen-bond acceptors (Lipinski definition) is 3. The molecule has 1 aromatic rings.